The molecule has 0 aromatic heterocycles. The molecular formula is C15H9F3N5O14P. The smallest absolute Gasteiger partial charge is 0.302 e. The number of halogens is 3. The predicted octanol–water partition coefficient (Wildman–Crippen LogP) is 4.08. The van der Waals surface area contributed by atoms with Crippen LogP contribution >= 0.6 is 7.82 Å². The fourth-order valence-electron chi connectivity index (χ4n) is 2.85. The largest absolute Gasteiger partial charge is 0.472 e. The van der Waals surface area contributed by atoms with Crippen LogP contribution in [0.1, 0.15) is 16.7 Å². The van der Waals surface area contributed by atoms with Gasteiger partial charge in [0.2, 0.25) is 0 Å². The van der Waals surface area contributed by atoms with E-state index < -0.39 is 97.0 Å². The molecule has 0 amide bonds. The molecule has 0 fully saturated rings. The molecule has 2 aromatic carbocycles. The summed E-state index contributed by atoms with van der Waals surface area (Å²) in [6.45, 7) is -3.21. The van der Waals surface area contributed by atoms with Crippen molar-refractivity contribution in [2.75, 3.05) is 0 Å². The first-order valence-corrected chi connectivity index (χ1v) is 10.6. The zero-order valence-corrected chi connectivity index (χ0v) is 18.7. The average molecular weight is 571 g/mol. The van der Waals surface area contributed by atoms with Crippen LogP contribution < -0.4 is 0 Å². The molecule has 0 aliphatic carbocycles. The molecule has 204 valence electrons. The number of hydrogen-bond acceptors (Lipinski definition) is 13. The van der Waals surface area contributed by atoms with Crippen molar-refractivity contribution >= 4 is 36.3 Å². The number of benzene rings is 2. The highest BCUT2D eigenvalue weighted by molar-refractivity contribution is 7.47. The second-order valence-electron chi connectivity index (χ2n) is 6.75. The molecule has 0 saturated heterocycles. The van der Waals surface area contributed by atoms with E-state index in [1.54, 1.807) is 0 Å². The molecule has 0 radical (unpaired) electrons. The summed E-state index contributed by atoms with van der Waals surface area (Å²) >= 11 is 0. The Morgan fingerprint density at radius 2 is 1.03 bits per heavy atom. The van der Waals surface area contributed by atoms with Crippen molar-refractivity contribution in [2.45, 2.75) is 19.4 Å². The van der Waals surface area contributed by atoms with Gasteiger partial charge in [0, 0.05) is 6.07 Å². The maximum Gasteiger partial charge on any atom is 0.472 e. The summed E-state index contributed by atoms with van der Waals surface area (Å²) in [5.74, 6) is 0. The number of nitro groups is 5. The summed E-state index contributed by atoms with van der Waals surface area (Å²) in [5, 5.41) is 55.4. The second-order valence-corrected chi connectivity index (χ2v) is 8.21. The van der Waals surface area contributed by atoms with E-state index in [9.17, 15) is 73.2 Å². The number of hydrogen-bond donors (Lipinski definition) is 1. The molecule has 23 heteroatoms. The van der Waals surface area contributed by atoms with Gasteiger partial charge in [-0.15, -0.1) is 0 Å². The SMILES string of the molecule is O=[N+]([O-])c1cc([N+](=O)[O-])c(COP(=O)(O)OCc2c([N+](=O)[O-])cc([N+](=O)[O-])cc2C(F)(F)F)c([N+](=O)[O-])c1. The molecule has 1 atom stereocenters. The van der Waals surface area contributed by atoms with Gasteiger partial charge in [0.05, 0.1) is 67.2 Å². The Morgan fingerprint density at radius 1 is 0.684 bits per heavy atom. The molecule has 0 heterocycles. The Hall–Kier alpha value is -4.66. The molecule has 19 nitrogen and oxygen atoms in total. The fraction of sp³-hybridized carbons (Fsp3) is 0.200. The van der Waals surface area contributed by atoms with Gasteiger partial charge in [-0.05, 0) is 0 Å². The van der Waals surface area contributed by atoms with Gasteiger partial charge in [-0.1, -0.05) is 0 Å². The van der Waals surface area contributed by atoms with Crippen LogP contribution in [0.5, 0.6) is 0 Å². The van der Waals surface area contributed by atoms with Crippen LogP contribution in [-0.2, 0) is 33.0 Å². The van der Waals surface area contributed by atoms with E-state index in [0.717, 1.165) is 0 Å². The minimum atomic E-state index is -5.61. The van der Waals surface area contributed by atoms with Crippen molar-refractivity contribution in [1.29, 1.82) is 0 Å². The van der Waals surface area contributed by atoms with Crippen LogP contribution in [0.2, 0.25) is 0 Å². The maximum atomic E-state index is 13.4. The Bertz CT molecular complexity index is 1380. The fourth-order valence-corrected chi connectivity index (χ4v) is 3.51. The Balaban J connectivity index is 2.45. The highest BCUT2D eigenvalue weighted by atomic mass is 31.2. The molecular weight excluding hydrogens is 562 g/mol. The number of nitro benzene ring substituents is 5. The first kappa shape index (κ1) is 29.6. The van der Waals surface area contributed by atoms with Crippen LogP contribution in [0.25, 0.3) is 0 Å². The van der Waals surface area contributed by atoms with E-state index in [1.807, 2.05) is 0 Å². The highest BCUT2D eigenvalue weighted by Gasteiger charge is 2.40. The number of alkyl halides is 3. The molecule has 1 N–H and O–H groups in total. The third kappa shape index (κ3) is 6.76. The molecule has 0 saturated carbocycles. The number of rotatable bonds is 11. The van der Waals surface area contributed by atoms with Crippen LogP contribution in [0, 0.1) is 50.6 Å². The lowest BCUT2D eigenvalue weighted by molar-refractivity contribution is -0.404. The molecule has 1 unspecified atom stereocenters. The Morgan fingerprint density at radius 3 is 1.37 bits per heavy atom. The summed E-state index contributed by atoms with van der Waals surface area (Å²) in [6.07, 6.45) is -5.45. The van der Waals surface area contributed by atoms with Crippen molar-refractivity contribution in [3.8, 4) is 0 Å². The van der Waals surface area contributed by atoms with Gasteiger partial charge in [0.25, 0.3) is 28.4 Å². The van der Waals surface area contributed by atoms with Gasteiger partial charge in [0.15, 0.2) is 0 Å². The standard InChI is InChI=1S/C15H9F3N5O14P/c16-15(17,18)11-1-7(19(24)25)2-12(21(28)29)9(11)5-36-38(34,35)37-6-10-13(22(30)31)3-8(20(26)27)4-14(10)23(32)33/h1-4H,5-6H2,(H,34,35). The third-order valence-corrected chi connectivity index (χ3v) is 5.37. The number of non-ortho nitro benzene ring substituents is 2. The van der Waals surface area contributed by atoms with Crippen molar-refractivity contribution in [3.63, 3.8) is 0 Å². The molecule has 2 aromatic rings. The highest BCUT2D eigenvalue weighted by Crippen LogP contribution is 2.48. The van der Waals surface area contributed by atoms with E-state index in [4.69, 9.17) is 0 Å². The zero-order valence-electron chi connectivity index (χ0n) is 17.8. The summed E-state index contributed by atoms with van der Waals surface area (Å²) < 4.78 is 61.1. The number of phosphoric acid groups is 1. The lowest BCUT2D eigenvalue weighted by Gasteiger charge is -2.16. The third-order valence-electron chi connectivity index (χ3n) is 4.46. The lowest BCUT2D eigenvalue weighted by atomic mass is 10.0. The summed E-state index contributed by atoms with van der Waals surface area (Å²) in [5.41, 5.74) is -11.0. The first-order valence-electron chi connectivity index (χ1n) is 9.10. The van der Waals surface area contributed by atoms with Crippen molar-refractivity contribution in [1.82, 2.24) is 0 Å². The lowest BCUT2D eigenvalue weighted by Crippen LogP contribution is -2.13. The molecule has 2 rings (SSSR count). The predicted molar refractivity (Wildman–Crippen MR) is 111 cm³/mol. The topological polar surface area (TPSA) is 271 Å². The van der Waals surface area contributed by atoms with Crippen molar-refractivity contribution in [3.05, 3.63) is 91.5 Å². The monoisotopic (exact) mass is 571 g/mol. The molecule has 38 heavy (non-hydrogen) atoms. The van der Waals surface area contributed by atoms with Gasteiger partial charge >= 0.3 is 14.0 Å². The van der Waals surface area contributed by atoms with Crippen molar-refractivity contribution in [2.24, 2.45) is 0 Å². The average Bonchev–Trinajstić information content (AvgIpc) is 2.79. The van der Waals surface area contributed by atoms with Crippen LogP contribution in [-0.4, -0.2) is 29.5 Å². The van der Waals surface area contributed by atoms with E-state index in [1.165, 1.54) is 0 Å². The van der Waals surface area contributed by atoms with E-state index in [0.29, 0.717) is 0 Å². The zero-order chi connectivity index (χ0) is 29.2. The first-order chi connectivity index (χ1) is 17.4. The van der Waals surface area contributed by atoms with E-state index in [2.05, 4.69) is 9.05 Å². The van der Waals surface area contributed by atoms with Crippen molar-refractivity contribution < 1.29 is 56.3 Å². The second kappa shape index (κ2) is 10.8. The van der Waals surface area contributed by atoms with Crippen LogP contribution in [0.15, 0.2) is 24.3 Å². The molecule has 0 spiro atoms. The van der Waals surface area contributed by atoms with Crippen LogP contribution in [0.4, 0.5) is 41.6 Å². The minimum absolute atomic E-state index is 0.0988. The van der Waals surface area contributed by atoms with Gasteiger partial charge in [-0.2, -0.15) is 13.2 Å². The summed E-state index contributed by atoms with van der Waals surface area (Å²) in [7, 11) is -5.61. The van der Waals surface area contributed by atoms with Gasteiger partial charge < -0.3 is 4.89 Å². The Labute approximate surface area is 204 Å². The van der Waals surface area contributed by atoms with Crippen LogP contribution in [0.3, 0.4) is 0 Å². The van der Waals surface area contributed by atoms with Gasteiger partial charge in [0.1, 0.15) is 5.56 Å². The molecule has 0 aliphatic rings. The Kier molecular flexibility index (Phi) is 8.37. The number of phosphoric ester groups is 1. The quantitative estimate of drug-likeness (QED) is 0.226. The molecule has 0 bridgehead atoms. The maximum absolute atomic E-state index is 13.4. The number of nitrogens with zero attached hydrogens (tertiary/aromatic N) is 5. The summed E-state index contributed by atoms with van der Waals surface area (Å²) in [6, 6.07) is 0.564. The van der Waals surface area contributed by atoms with E-state index in [-0.39, 0.29) is 24.3 Å². The van der Waals surface area contributed by atoms with Gasteiger partial charge in [-0.25, -0.2) is 4.57 Å². The normalized spacial score (nSPS) is 12.9. The summed E-state index contributed by atoms with van der Waals surface area (Å²) in [4.78, 5) is 58.6. The minimum Gasteiger partial charge on any atom is -0.302 e. The molecule has 0 aliphatic heterocycles. The van der Waals surface area contributed by atoms with E-state index >= 15 is 0 Å². The van der Waals surface area contributed by atoms with Gasteiger partial charge in [-0.3, -0.25) is 59.6 Å².